The van der Waals surface area contributed by atoms with Crippen LogP contribution in [-0.2, 0) is 4.79 Å². The first-order valence-corrected chi connectivity index (χ1v) is 6.01. The van der Waals surface area contributed by atoms with Gasteiger partial charge in [-0.1, -0.05) is 12.1 Å². The highest BCUT2D eigenvalue weighted by Crippen LogP contribution is 2.27. The van der Waals surface area contributed by atoms with Gasteiger partial charge in [-0.05, 0) is 30.7 Å². The van der Waals surface area contributed by atoms with Crippen LogP contribution >= 0.6 is 0 Å². The van der Waals surface area contributed by atoms with Gasteiger partial charge in [0.1, 0.15) is 5.82 Å². The van der Waals surface area contributed by atoms with Crippen molar-refractivity contribution in [3.8, 4) is 0 Å². The van der Waals surface area contributed by atoms with Crippen molar-refractivity contribution in [2.24, 2.45) is 5.73 Å². The summed E-state index contributed by atoms with van der Waals surface area (Å²) in [6.07, 6.45) is 0.762. The molecule has 1 fully saturated rings. The number of rotatable bonds is 3. The quantitative estimate of drug-likeness (QED) is 0.843. The molecular formula is C13H17FN2O2. The highest BCUT2D eigenvalue weighted by atomic mass is 19.1. The molecule has 1 aliphatic heterocycles. The molecule has 4 nitrogen and oxygen atoms in total. The molecule has 5 heteroatoms. The van der Waals surface area contributed by atoms with Crippen molar-refractivity contribution in [3.63, 3.8) is 0 Å². The topological polar surface area (TPSA) is 66.6 Å². The van der Waals surface area contributed by atoms with Crippen molar-refractivity contribution < 1.29 is 14.3 Å². The molecule has 0 radical (unpaired) electrons. The molecule has 0 spiro atoms. The Labute approximate surface area is 105 Å². The van der Waals surface area contributed by atoms with Crippen LogP contribution in [0, 0.1) is 5.82 Å². The van der Waals surface area contributed by atoms with Crippen molar-refractivity contribution in [1.29, 1.82) is 0 Å². The minimum absolute atomic E-state index is 0.0174. The first-order chi connectivity index (χ1) is 8.56. The molecule has 0 bridgehead atoms. The summed E-state index contributed by atoms with van der Waals surface area (Å²) in [5.74, 6) is -0.996. The molecule has 98 valence electrons. The average Bonchev–Trinajstić information content (AvgIpc) is 2.28. The lowest BCUT2D eigenvalue weighted by atomic mass is 9.86. The van der Waals surface area contributed by atoms with Crippen LogP contribution in [0.3, 0.4) is 0 Å². The van der Waals surface area contributed by atoms with E-state index in [2.05, 4.69) is 0 Å². The lowest BCUT2D eigenvalue weighted by Crippen LogP contribution is -2.48. The van der Waals surface area contributed by atoms with E-state index in [9.17, 15) is 9.18 Å². The number of aliphatic carboxylic acids is 1. The number of benzene rings is 1. The largest absolute Gasteiger partial charge is 0.480 e. The fourth-order valence-corrected chi connectivity index (χ4v) is 2.54. The van der Waals surface area contributed by atoms with Gasteiger partial charge >= 0.3 is 5.97 Å². The summed E-state index contributed by atoms with van der Waals surface area (Å²) >= 11 is 0. The summed E-state index contributed by atoms with van der Waals surface area (Å²) in [7, 11) is 0. The van der Waals surface area contributed by atoms with Gasteiger partial charge in [-0.25, -0.2) is 4.39 Å². The monoisotopic (exact) mass is 252 g/mol. The van der Waals surface area contributed by atoms with Crippen LogP contribution in [0.4, 0.5) is 4.39 Å². The Kier molecular flexibility index (Phi) is 3.93. The van der Waals surface area contributed by atoms with Gasteiger partial charge in [-0.3, -0.25) is 9.69 Å². The van der Waals surface area contributed by atoms with Crippen LogP contribution in [0.5, 0.6) is 0 Å². The normalized spacial score (nSPS) is 25.0. The Balaban J connectivity index is 2.03. The molecule has 2 atom stereocenters. The summed E-state index contributed by atoms with van der Waals surface area (Å²) in [5, 5.41) is 8.74. The summed E-state index contributed by atoms with van der Waals surface area (Å²) in [6, 6.07) is 6.33. The Morgan fingerprint density at radius 2 is 2.33 bits per heavy atom. The van der Waals surface area contributed by atoms with Gasteiger partial charge in [-0.2, -0.15) is 0 Å². The molecule has 0 aromatic heterocycles. The number of nitrogens with two attached hydrogens (primary N) is 1. The molecule has 1 aromatic rings. The maximum atomic E-state index is 13.2. The standard InChI is InChI=1S/C13H17FN2O2/c14-10-3-1-2-9(6-10)11-4-5-16(7-12(11)15)8-13(17)18/h1-3,6,11-12H,4-5,7-8,15H2,(H,17,18). The highest BCUT2D eigenvalue weighted by molar-refractivity contribution is 5.69. The van der Waals surface area contributed by atoms with Crippen LogP contribution in [-0.4, -0.2) is 41.7 Å². The fraction of sp³-hybridized carbons (Fsp3) is 0.462. The Hall–Kier alpha value is -1.46. The van der Waals surface area contributed by atoms with Gasteiger partial charge in [-0.15, -0.1) is 0 Å². The number of likely N-dealkylation sites (tertiary alicyclic amines) is 1. The van der Waals surface area contributed by atoms with E-state index < -0.39 is 5.97 Å². The van der Waals surface area contributed by atoms with E-state index in [1.807, 2.05) is 11.0 Å². The molecule has 2 rings (SSSR count). The fourth-order valence-electron chi connectivity index (χ4n) is 2.54. The number of hydrogen-bond donors (Lipinski definition) is 2. The number of nitrogens with zero attached hydrogens (tertiary/aromatic N) is 1. The minimum Gasteiger partial charge on any atom is -0.480 e. The van der Waals surface area contributed by atoms with Crippen molar-refractivity contribution in [2.75, 3.05) is 19.6 Å². The minimum atomic E-state index is -0.841. The highest BCUT2D eigenvalue weighted by Gasteiger charge is 2.28. The van der Waals surface area contributed by atoms with E-state index in [0.29, 0.717) is 13.1 Å². The van der Waals surface area contributed by atoms with Crippen molar-refractivity contribution in [2.45, 2.75) is 18.4 Å². The predicted molar refractivity (Wildman–Crippen MR) is 65.8 cm³/mol. The smallest absolute Gasteiger partial charge is 0.317 e. The van der Waals surface area contributed by atoms with E-state index in [4.69, 9.17) is 10.8 Å². The summed E-state index contributed by atoms with van der Waals surface area (Å²) in [6.45, 7) is 1.23. The van der Waals surface area contributed by atoms with Gasteiger partial charge in [0.2, 0.25) is 0 Å². The second-order valence-electron chi connectivity index (χ2n) is 4.74. The number of piperidine rings is 1. The molecule has 0 amide bonds. The lowest BCUT2D eigenvalue weighted by molar-refractivity contribution is -0.138. The zero-order chi connectivity index (χ0) is 13.1. The zero-order valence-electron chi connectivity index (χ0n) is 10.1. The number of hydrogen-bond acceptors (Lipinski definition) is 3. The van der Waals surface area contributed by atoms with Gasteiger partial charge < -0.3 is 10.8 Å². The molecule has 3 N–H and O–H groups in total. The van der Waals surface area contributed by atoms with Crippen LogP contribution in [0.25, 0.3) is 0 Å². The number of carboxylic acids is 1. The zero-order valence-corrected chi connectivity index (χ0v) is 10.1. The molecule has 18 heavy (non-hydrogen) atoms. The van der Waals surface area contributed by atoms with Gasteiger partial charge in [0, 0.05) is 18.5 Å². The van der Waals surface area contributed by atoms with Crippen molar-refractivity contribution >= 4 is 5.97 Å². The first-order valence-electron chi connectivity index (χ1n) is 6.01. The van der Waals surface area contributed by atoms with E-state index in [-0.39, 0.29) is 24.3 Å². The lowest BCUT2D eigenvalue weighted by Gasteiger charge is -2.36. The van der Waals surface area contributed by atoms with Gasteiger partial charge in [0.05, 0.1) is 6.54 Å². The maximum absolute atomic E-state index is 13.2. The predicted octanol–water partition coefficient (Wildman–Crippen LogP) is 1.03. The second kappa shape index (κ2) is 5.46. The van der Waals surface area contributed by atoms with E-state index >= 15 is 0 Å². The van der Waals surface area contributed by atoms with Crippen LogP contribution in [0.15, 0.2) is 24.3 Å². The van der Waals surface area contributed by atoms with Gasteiger partial charge in [0.15, 0.2) is 0 Å². The maximum Gasteiger partial charge on any atom is 0.317 e. The molecule has 0 aliphatic carbocycles. The second-order valence-corrected chi connectivity index (χ2v) is 4.74. The van der Waals surface area contributed by atoms with E-state index in [1.54, 1.807) is 6.07 Å². The summed E-state index contributed by atoms with van der Waals surface area (Å²) < 4.78 is 13.2. The van der Waals surface area contributed by atoms with Gasteiger partial charge in [0.25, 0.3) is 0 Å². The molecule has 1 aliphatic rings. The third-order valence-electron chi connectivity index (χ3n) is 3.38. The molecule has 1 saturated heterocycles. The van der Waals surface area contributed by atoms with E-state index in [1.165, 1.54) is 12.1 Å². The SMILES string of the molecule is NC1CN(CC(=O)O)CCC1c1cccc(F)c1. The van der Waals surface area contributed by atoms with Crippen LogP contribution < -0.4 is 5.73 Å². The summed E-state index contributed by atoms with van der Waals surface area (Å²) in [5.41, 5.74) is 6.97. The Morgan fingerprint density at radius 3 is 2.94 bits per heavy atom. The molecule has 1 aromatic carbocycles. The van der Waals surface area contributed by atoms with Crippen LogP contribution in [0.1, 0.15) is 17.9 Å². The average molecular weight is 252 g/mol. The number of carbonyl (C=O) groups is 1. The van der Waals surface area contributed by atoms with Crippen LogP contribution in [0.2, 0.25) is 0 Å². The Bertz CT molecular complexity index is 439. The molecular weight excluding hydrogens is 235 g/mol. The number of halogens is 1. The molecule has 2 unspecified atom stereocenters. The third kappa shape index (κ3) is 3.05. The molecule has 1 heterocycles. The van der Waals surface area contributed by atoms with Crippen molar-refractivity contribution in [3.05, 3.63) is 35.6 Å². The third-order valence-corrected chi connectivity index (χ3v) is 3.38. The van der Waals surface area contributed by atoms with E-state index in [0.717, 1.165) is 12.0 Å². The van der Waals surface area contributed by atoms with Crippen molar-refractivity contribution in [1.82, 2.24) is 4.90 Å². The number of carboxylic acid groups (broad SMARTS) is 1. The first kappa shape index (κ1) is 13.0. The molecule has 0 saturated carbocycles. The summed E-state index contributed by atoms with van der Waals surface area (Å²) in [4.78, 5) is 12.5. The Morgan fingerprint density at radius 1 is 1.56 bits per heavy atom.